The third kappa shape index (κ3) is 6.78. The highest BCUT2D eigenvalue weighted by molar-refractivity contribution is 5.77. The van der Waals surface area contributed by atoms with Gasteiger partial charge >= 0.3 is 11.9 Å². The van der Waals surface area contributed by atoms with Crippen molar-refractivity contribution < 1.29 is 19.1 Å². The zero-order valence-electron chi connectivity index (χ0n) is 13.6. The summed E-state index contributed by atoms with van der Waals surface area (Å²) < 4.78 is 10.6. The van der Waals surface area contributed by atoms with Crippen LogP contribution in [0, 0.1) is 23.7 Å². The van der Waals surface area contributed by atoms with Crippen molar-refractivity contribution in [2.75, 3.05) is 13.2 Å². The molecule has 0 aromatic carbocycles. The molecule has 0 saturated carbocycles. The molecule has 0 radical (unpaired) electrons. The van der Waals surface area contributed by atoms with Crippen molar-refractivity contribution in [3.05, 3.63) is 12.2 Å². The van der Waals surface area contributed by atoms with Gasteiger partial charge in [-0.25, -0.2) is 0 Å². The molecular formula is C17H28O4. The lowest BCUT2D eigenvalue weighted by atomic mass is 9.94. The number of allylic oxidation sites excluding steroid dienone is 1. The number of carbonyl (C=O) groups excluding carboxylic acids is 2. The summed E-state index contributed by atoms with van der Waals surface area (Å²) >= 11 is 0. The normalized spacial score (nSPS) is 22.2. The van der Waals surface area contributed by atoms with Crippen LogP contribution < -0.4 is 0 Å². The number of hydrogen-bond acceptors (Lipinski definition) is 4. The first-order valence-electron chi connectivity index (χ1n) is 7.90. The van der Waals surface area contributed by atoms with Gasteiger partial charge in [-0.05, 0) is 31.1 Å². The summed E-state index contributed by atoms with van der Waals surface area (Å²) in [6.07, 6.45) is 5.87. The van der Waals surface area contributed by atoms with E-state index in [1.807, 2.05) is 39.8 Å². The van der Waals surface area contributed by atoms with E-state index in [0.717, 1.165) is 12.8 Å². The number of ether oxygens (including phenoxy) is 2. The monoisotopic (exact) mass is 296 g/mol. The zero-order valence-corrected chi connectivity index (χ0v) is 13.6. The van der Waals surface area contributed by atoms with Crippen molar-refractivity contribution in [2.45, 2.75) is 47.0 Å². The molecule has 0 amide bonds. The number of rotatable bonds is 6. The maximum absolute atomic E-state index is 12.1. The van der Waals surface area contributed by atoms with E-state index in [1.54, 1.807) is 0 Å². The van der Waals surface area contributed by atoms with Gasteiger partial charge < -0.3 is 9.47 Å². The molecule has 2 atom stereocenters. The Kier molecular flexibility index (Phi) is 7.48. The van der Waals surface area contributed by atoms with E-state index in [0.29, 0.717) is 31.5 Å². The second kappa shape index (κ2) is 8.85. The lowest BCUT2D eigenvalue weighted by molar-refractivity contribution is -0.152. The largest absolute Gasteiger partial charge is 0.465 e. The van der Waals surface area contributed by atoms with Crippen molar-refractivity contribution in [3.63, 3.8) is 0 Å². The fraction of sp³-hybridized carbons (Fsp3) is 0.765. The summed E-state index contributed by atoms with van der Waals surface area (Å²) in [5.74, 6) is -0.323. The van der Waals surface area contributed by atoms with Gasteiger partial charge in [-0.3, -0.25) is 9.59 Å². The van der Waals surface area contributed by atoms with E-state index >= 15 is 0 Å². The van der Waals surface area contributed by atoms with Crippen LogP contribution in [-0.2, 0) is 19.1 Å². The fourth-order valence-corrected chi connectivity index (χ4v) is 2.17. The molecule has 1 rings (SSSR count). The molecule has 0 aliphatic heterocycles. The van der Waals surface area contributed by atoms with Crippen LogP contribution >= 0.6 is 0 Å². The van der Waals surface area contributed by atoms with Crippen molar-refractivity contribution in [3.8, 4) is 0 Å². The van der Waals surface area contributed by atoms with Gasteiger partial charge in [0, 0.05) is 0 Å². The molecule has 0 fully saturated rings. The van der Waals surface area contributed by atoms with Gasteiger partial charge in [0.2, 0.25) is 0 Å². The topological polar surface area (TPSA) is 52.6 Å². The number of carbonyl (C=O) groups is 2. The molecule has 0 heterocycles. The minimum Gasteiger partial charge on any atom is -0.465 e. The SMILES string of the molecule is CC(C)COC(=O)C1C=CCCC(C(=O)OCC(C)C)C1. The van der Waals surface area contributed by atoms with Gasteiger partial charge in [-0.1, -0.05) is 39.8 Å². The molecule has 0 aromatic rings. The van der Waals surface area contributed by atoms with Crippen molar-refractivity contribution in [1.82, 2.24) is 0 Å². The van der Waals surface area contributed by atoms with Crippen LogP contribution in [0.4, 0.5) is 0 Å². The van der Waals surface area contributed by atoms with Crippen LogP contribution in [0.2, 0.25) is 0 Å². The molecule has 4 nitrogen and oxygen atoms in total. The zero-order chi connectivity index (χ0) is 15.8. The molecule has 0 bridgehead atoms. The van der Waals surface area contributed by atoms with Crippen molar-refractivity contribution >= 4 is 11.9 Å². The summed E-state index contributed by atoms with van der Waals surface area (Å²) in [7, 11) is 0. The van der Waals surface area contributed by atoms with E-state index in [2.05, 4.69) is 0 Å². The first-order chi connectivity index (χ1) is 9.90. The Labute approximate surface area is 127 Å². The Morgan fingerprint density at radius 1 is 1.05 bits per heavy atom. The first kappa shape index (κ1) is 17.7. The number of hydrogen-bond donors (Lipinski definition) is 0. The van der Waals surface area contributed by atoms with E-state index in [4.69, 9.17) is 9.47 Å². The second-order valence-electron chi connectivity index (χ2n) is 6.59. The van der Waals surface area contributed by atoms with Crippen LogP contribution in [-0.4, -0.2) is 25.2 Å². The Balaban J connectivity index is 2.54. The first-order valence-corrected chi connectivity index (χ1v) is 7.90. The fourth-order valence-electron chi connectivity index (χ4n) is 2.17. The lowest BCUT2D eigenvalue weighted by Crippen LogP contribution is -2.25. The third-order valence-corrected chi connectivity index (χ3v) is 3.34. The maximum atomic E-state index is 12.1. The van der Waals surface area contributed by atoms with Gasteiger partial charge in [0.25, 0.3) is 0 Å². The van der Waals surface area contributed by atoms with Crippen LogP contribution in [0.3, 0.4) is 0 Å². The van der Waals surface area contributed by atoms with E-state index in [9.17, 15) is 9.59 Å². The van der Waals surface area contributed by atoms with Gasteiger partial charge in [0.05, 0.1) is 25.0 Å². The minimum absolute atomic E-state index is 0.186. The Bertz CT molecular complexity index is 371. The maximum Gasteiger partial charge on any atom is 0.312 e. The molecule has 0 spiro atoms. The van der Waals surface area contributed by atoms with Gasteiger partial charge in [0.15, 0.2) is 0 Å². The highest BCUT2D eigenvalue weighted by atomic mass is 16.5. The van der Waals surface area contributed by atoms with Gasteiger partial charge in [-0.2, -0.15) is 0 Å². The van der Waals surface area contributed by atoms with Crippen LogP contribution in [0.1, 0.15) is 47.0 Å². The van der Waals surface area contributed by atoms with Crippen LogP contribution in [0.25, 0.3) is 0 Å². The molecule has 0 aromatic heterocycles. The molecule has 2 unspecified atom stereocenters. The average Bonchev–Trinajstić information content (AvgIpc) is 2.68. The smallest absolute Gasteiger partial charge is 0.312 e. The molecule has 21 heavy (non-hydrogen) atoms. The van der Waals surface area contributed by atoms with Gasteiger partial charge in [-0.15, -0.1) is 0 Å². The molecule has 120 valence electrons. The summed E-state index contributed by atoms with van der Waals surface area (Å²) in [5, 5.41) is 0. The highest BCUT2D eigenvalue weighted by Crippen LogP contribution is 2.25. The second-order valence-corrected chi connectivity index (χ2v) is 6.59. The highest BCUT2D eigenvalue weighted by Gasteiger charge is 2.29. The quantitative estimate of drug-likeness (QED) is 0.557. The predicted molar refractivity (Wildman–Crippen MR) is 81.6 cm³/mol. The standard InChI is InChI=1S/C17H28O4/c1-12(2)10-20-16(18)14-7-5-6-8-15(9-14)17(19)21-11-13(3)4/h5,7,12-15H,6,8-11H2,1-4H3. The lowest BCUT2D eigenvalue weighted by Gasteiger charge is -2.18. The summed E-state index contributed by atoms with van der Waals surface area (Å²) in [5.41, 5.74) is 0. The Morgan fingerprint density at radius 3 is 2.19 bits per heavy atom. The predicted octanol–water partition coefficient (Wildman–Crippen LogP) is 3.36. The van der Waals surface area contributed by atoms with Crippen LogP contribution in [0.5, 0.6) is 0 Å². The minimum atomic E-state index is -0.331. The summed E-state index contributed by atoms with van der Waals surface area (Å²) in [4.78, 5) is 24.2. The van der Waals surface area contributed by atoms with E-state index in [-0.39, 0.29) is 23.8 Å². The molecule has 0 N–H and O–H groups in total. The molecule has 0 saturated heterocycles. The Morgan fingerprint density at radius 2 is 1.62 bits per heavy atom. The number of esters is 2. The molecular weight excluding hydrogens is 268 g/mol. The molecule has 1 aliphatic carbocycles. The van der Waals surface area contributed by atoms with Crippen LogP contribution in [0.15, 0.2) is 12.2 Å². The molecule has 4 heteroatoms. The van der Waals surface area contributed by atoms with Crippen molar-refractivity contribution in [1.29, 1.82) is 0 Å². The summed E-state index contributed by atoms with van der Waals surface area (Å²) in [6.45, 7) is 8.88. The third-order valence-electron chi connectivity index (χ3n) is 3.34. The van der Waals surface area contributed by atoms with E-state index in [1.165, 1.54) is 0 Å². The summed E-state index contributed by atoms with van der Waals surface area (Å²) in [6, 6.07) is 0. The molecule has 1 aliphatic rings. The van der Waals surface area contributed by atoms with Crippen molar-refractivity contribution in [2.24, 2.45) is 23.7 Å². The average molecular weight is 296 g/mol. The van der Waals surface area contributed by atoms with E-state index < -0.39 is 0 Å². The van der Waals surface area contributed by atoms with Gasteiger partial charge in [0.1, 0.15) is 0 Å². The Hall–Kier alpha value is -1.32.